The van der Waals surface area contributed by atoms with Crippen molar-refractivity contribution in [1.29, 1.82) is 0 Å². The quantitative estimate of drug-likeness (QED) is 0.169. The van der Waals surface area contributed by atoms with E-state index < -0.39 is 0 Å². The van der Waals surface area contributed by atoms with Gasteiger partial charge in [0.1, 0.15) is 16.8 Å². The molecule has 0 saturated carbocycles. The van der Waals surface area contributed by atoms with E-state index in [1.165, 1.54) is 25.7 Å². The average molecular weight is 736 g/mol. The Morgan fingerprint density at radius 2 is 0.911 bits per heavy atom. The first-order valence-corrected chi connectivity index (χ1v) is 19.2. The van der Waals surface area contributed by atoms with Crippen molar-refractivity contribution in [1.82, 2.24) is 24.9 Å². The van der Waals surface area contributed by atoms with Crippen molar-refractivity contribution in [2.24, 2.45) is 0 Å². The third-order valence-corrected chi connectivity index (χ3v) is 11.4. The van der Waals surface area contributed by atoms with Crippen LogP contribution in [0.1, 0.15) is 0 Å². The van der Waals surface area contributed by atoms with E-state index in [4.69, 9.17) is 29.3 Å². The molecule has 0 spiro atoms. The summed E-state index contributed by atoms with van der Waals surface area (Å²) < 4.78 is 8.72. The van der Waals surface area contributed by atoms with Gasteiger partial charge in [0.2, 0.25) is 0 Å². The fraction of sp³-hybridized carbons (Fsp3) is 0. The van der Waals surface area contributed by atoms with Crippen LogP contribution in [0.25, 0.3) is 110 Å². The predicted molar refractivity (Wildman–Crippen MR) is 228 cm³/mol. The minimum Gasteiger partial charge on any atom is -0.452 e. The highest BCUT2D eigenvalue weighted by Crippen LogP contribution is 2.42. The second kappa shape index (κ2) is 13.2. The number of fused-ring (bicyclic) bond motifs is 6. The first-order chi connectivity index (χ1) is 27.7. The van der Waals surface area contributed by atoms with Gasteiger partial charge in [0.15, 0.2) is 28.9 Å². The first-order valence-electron chi connectivity index (χ1n) is 18.4. The number of benzene rings is 7. The summed E-state index contributed by atoms with van der Waals surface area (Å²) in [5.74, 6) is 2.60. The van der Waals surface area contributed by atoms with Gasteiger partial charge in [-0.1, -0.05) is 158 Å². The zero-order chi connectivity index (χ0) is 37.0. The van der Waals surface area contributed by atoms with Gasteiger partial charge in [-0.25, -0.2) is 24.9 Å². The number of hydrogen-bond donors (Lipinski definition) is 0. The number of thiophene rings is 1. The van der Waals surface area contributed by atoms with Gasteiger partial charge < -0.3 is 4.42 Å². The maximum atomic E-state index is 6.32. The molecule has 0 bridgehead atoms. The van der Waals surface area contributed by atoms with E-state index in [2.05, 4.69) is 78.9 Å². The third kappa shape index (κ3) is 5.52. The Bertz CT molecular complexity index is 3180. The molecule has 0 saturated heterocycles. The topological polar surface area (TPSA) is 77.6 Å². The Kier molecular flexibility index (Phi) is 7.57. The largest absolute Gasteiger partial charge is 0.452 e. The maximum Gasteiger partial charge on any atom is 0.180 e. The molecule has 262 valence electrons. The van der Waals surface area contributed by atoms with Crippen LogP contribution in [0.2, 0.25) is 0 Å². The van der Waals surface area contributed by atoms with Gasteiger partial charge in [0.25, 0.3) is 0 Å². The molecule has 7 heteroatoms. The number of para-hydroxylation sites is 1. The van der Waals surface area contributed by atoms with E-state index in [1.807, 2.05) is 97.1 Å². The molecule has 0 unspecified atom stereocenters. The van der Waals surface area contributed by atoms with Crippen LogP contribution in [-0.4, -0.2) is 24.9 Å². The molecule has 4 heterocycles. The van der Waals surface area contributed by atoms with Crippen LogP contribution in [0.3, 0.4) is 0 Å². The molecule has 0 aliphatic rings. The molecule has 0 fully saturated rings. The Balaban J connectivity index is 0.990. The molecule has 0 amide bonds. The Labute approximate surface area is 325 Å². The molecule has 11 rings (SSSR count). The predicted octanol–water partition coefficient (Wildman–Crippen LogP) is 12.9. The molecule has 11 aromatic rings. The Hall–Kier alpha value is -7.35. The van der Waals surface area contributed by atoms with Crippen molar-refractivity contribution in [3.8, 4) is 67.9 Å². The SMILES string of the molecule is c1ccc(-c2nc(-c3ccccc3)nc(-c3ccc4c(c3)sc3c(-c5ccc(-c6nc(-c7ccccc7)c7oc8ccccc8c7n6)cc5)cccc34)n2)cc1. The summed E-state index contributed by atoms with van der Waals surface area (Å²) >= 11 is 1.79. The van der Waals surface area contributed by atoms with Crippen molar-refractivity contribution >= 4 is 53.6 Å². The standard InChI is InChI=1S/C49H29N5OS/c1-4-13-31(14-5-1)42-44-43(39-19-10-11-22-40(39)55-44)51-46(50-42)34-25-23-30(24-26-34)36-20-12-21-38-37-28-27-35(29-41(37)56-45(36)38)49-53-47(32-15-6-2-7-16-32)52-48(54-49)33-17-8-3-9-18-33/h1-29H. The molecule has 7 aromatic carbocycles. The molecular weight excluding hydrogens is 707 g/mol. The lowest BCUT2D eigenvalue weighted by Crippen LogP contribution is -1.99. The molecule has 6 nitrogen and oxygen atoms in total. The van der Waals surface area contributed by atoms with Crippen molar-refractivity contribution in [3.63, 3.8) is 0 Å². The molecule has 0 N–H and O–H groups in total. The van der Waals surface area contributed by atoms with E-state index in [9.17, 15) is 0 Å². The van der Waals surface area contributed by atoms with Crippen LogP contribution < -0.4 is 0 Å². The van der Waals surface area contributed by atoms with Crippen molar-refractivity contribution in [2.45, 2.75) is 0 Å². The van der Waals surface area contributed by atoms with Gasteiger partial charge in [-0.15, -0.1) is 11.3 Å². The lowest BCUT2D eigenvalue weighted by Gasteiger charge is -2.08. The van der Waals surface area contributed by atoms with Gasteiger partial charge in [-0.2, -0.15) is 0 Å². The first kappa shape index (κ1) is 32.1. The van der Waals surface area contributed by atoms with E-state index >= 15 is 0 Å². The molecule has 0 radical (unpaired) electrons. The summed E-state index contributed by atoms with van der Waals surface area (Å²) in [4.78, 5) is 25.0. The lowest BCUT2D eigenvalue weighted by molar-refractivity contribution is 0.667. The van der Waals surface area contributed by atoms with Crippen LogP contribution in [-0.2, 0) is 0 Å². The summed E-state index contributed by atoms with van der Waals surface area (Å²) in [6.07, 6.45) is 0. The van der Waals surface area contributed by atoms with Crippen LogP contribution >= 0.6 is 11.3 Å². The Morgan fingerprint density at radius 1 is 0.375 bits per heavy atom. The Morgan fingerprint density at radius 3 is 1.61 bits per heavy atom. The second-order valence-corrected chi connectivity index (χ2v) is 14.7. The maximum absolute atomic E-state index is 6.32. The zero-order valence-corrected chi connectivity index (χ0v) is 30.6. The normalized spacial score (nSPS) is 11.6. The van der Waals surface area contributed by atoms with Gasteiger partial charge in [-0.3, -0.25) is 0 Å². The van der Waals surface area contributed by atoms with Crippen molar-refractivity contribution < 1.29 is 4.42 Å². The fourth-order valence-corrected chi connectivity index (χ4v) is 8.69. The molecule has 0 atom stereocenters. The van der Waals surface area contributed by atoms with E-state index in [0.717, 1.165) is 55.6 Å². The highest BCUT2D eigenvalue weighted by molar-refractivity contribution is 7.26. The van der Waals surface area contributed by atoms with E-state index in [0.29, 0.717) is 28.9 Å². The van der Waals surface area contributed by atoms with E-state index in [1.54, 1.807) is 11.3 Å². The number of aromatic nitrogens is 5. The van der Waals surface area contributed by atoms with Gasteiger partial charge in [0, 0.05) is 53.4 Å². The highest BCUT2D eigenvalue weighted by Gasteiger charge is 2.19. The number of nitrogens with zero attached hydrogens (tertiary/aromatic N) is 5. The monoisotopic (exact) mass is 735 g/mol. The molecule has 0 aliphatic heterocycles. The zero-order valence-electron chi connectivity index (χ0n) is 29.8. The minimum absolute atomic E-state index is 0.645. The van der Waals surface area contributed by atoms with Crippen LogP contribution in [0, 0.1) is 0 Å². The smallest absolute Gasteiger partial charge is 0.180 e. The fourth-order valence-electron chi connectivity index (χ4n) is 7.41. The number of hydrogen-bond acceptors (Lipinski definition) is 7. The third-order valence-electron chi connectivity index (χ3n) is 10.2. The van der Waals surface area contributed by atoms with Crippen LogP contribution in [0.5, 0.6) is 0 Å². The summed E-state index contributed by atoms with van der Waals surface area (Å²) in [7, 11) is 0. The van der Waals surface area contributed by atoms with Crippen LogP contribution in [0.4, 0.5) is 0 Å². The highest BCUT2D eigenvalue weighted by atomic mass is 32.1. The average Bonchev–Trinajstić information content (AvgIpc) is 3.85. The number of rotatable bonds is 6. The summed E-state index contributed by atoms with van der Waals surface area (Å²) in [5.41, 5.74) is 10.2. The molecule has 0 aliphatic carbocycles. The molecule has 4 aromatic heterocycles. The number of furan rings is 1. The van der Waals surface area contributed by atoms with Crippen LogP contribution in [0.15, 0.2) is 180 Å². The summed E-state index contributed by atoms with van der Waals surface area (Å²) in [6, 6.07) is 60.0. The summed E-state index contributed by atoms with van der Waals surface area (Å²) in [6.45, 7) is 0. The van der Waals surface area contributed by atoms with Crippen molar-refractivity contribution in [2.75, 3.05) is 0 Å². The van der Waals surface area contributed by atoms with Gasteiger partial charge >= 0.3 is 0 Å². The van der Waals surface area contributed by atoms with Gasteiger partial charge in [-0.05, 0) is 29.3 Å². The second-order valence-electron chi connectivity index (χ2n) is 13.6. The molecular formula is C49H29N5OS. The van der Waals surface area contributed by atoms with Crippen molar-refractivity contribution in [3.05, 3.63) is 176 Å². The summed E-state index contributed by atoms with van der Waals surface area (Å²) in [5, 5.41) is 3.40. The van der Waals surface area contributed by atoms with Gasteiger partial charge in [0.05, 0.1) is 0 Å². The minimum atomic E-state index is 0.645. The lowest BCUT2D eigenvalue weighted by atomic mass is 10.0. The van der Waals surface area contributed by atoms with E-state index in [-0.39, 0.29) is 0 Å². The molecule has 56 heavy (non-hydrogen) atoms.